The average molecular weight is 388 g/mol. The standard InChI is InChI=1S/C19H25N4OPS/c1-12-5-6-25(26,11-12)17(10-21-19-20-9-13(2)22-19)14-3-4-16-15(7-14)8-18(24)23-16/h3-4,7,9,12,17H,5-6,8,10-11H2,1-2H3,(H,23,24)(H2,20,21,22)/t12-,17?,25?/m0/s1. The van der Waals surface area contributed by atoms with Crippen LogP contribution in [0.3, 0.4) is 0 Å². The molecule has 3 heterocycles. The molecule has 0 radical (unpaired) electrons. The van der Waals surface area contributed by atoms with Gasteiger partial charge in [0.25, 0.3) is 0 Å². The number of imidazole rings is 1. The van der Waals surface area contributed by atoms with Crippen LogP contribution in [0, 0.1) is 12.8 Å². The van der Waals surface area contributed by atoms with Gasteiger partial charge in [0, 0.05) is 29.8 Å². The number of nitrogens with zero attached hydrogens (tertiary/aromatic N) is 1. The lowest BCUT2D eigenvalue weighted by molar-refractivity contribution is -0.115. The number of fused-ring (bicyclic) bond motifs is 1. The SMILES string of the molecule is Cc1cnc(NCC(c2ccc3c(c2)CC(=O)N3)P2(=S)CC[C@H](C)C2)[nH]1. The Bertz CT molecular complexity index is 893. The van der Waals surface area contributed by atoms with Crippen molar-refractivity contribution in [3.05, 3.63) is 41.2 Å². The summed E-state index contributed by atoms with van der Waals surface area (Å²) in [4.78, 5) is 19.3. The number of nitrogens with one attached hydrogen (secondary N) is 3. The van der Waals surface area contributed by atoms with Crippen molar-refractivity contribution < 1.29 is 4.79 Å². The second-order valence-corrected chi connectivity index (χ2v) is 13.2. The van der Waals surface area contributed by atoms with Crippen LogP contribution in [-0.2, 0) is 23.0 Å². The van der Waals surface area contributed by atoms with Crippen molar-refractivity contribution in [1.29, 1.82) is 0 Å². The van der Waals surface area contributed by atoms with Crippen molar-refractivity contribution in [1.82, 2.24) is 9.97 Å². The molecule has 4 rings (SSSR count). The van der Waals surface area contributed by atoms with E-state index in [1.807, 2.05) is 19.2 Å². The fourth-order valence-electron chi connectivity index (χ4n) is 4.14. The number of carbonyl (C=O) groups excluding carboxylic acids is 1. The smallest absolute Gasteiger partial charge is 0.228 e. The molecule has 1 amide bonds. The number of rotatable bonds is 5. The van der Waals surface area contributed by atoms with Gasteiger partial charge in [-0.25, -0.2) is 4.98 Å². The zero-order valence-corrected chi connectivity index (χ0v) is 16.9. The lowest BCUT2D eigenvalue weighted by Crippen LogP contribution is -2.15. The minimum atomic E-state index is -1.50. The van der Waals surface area contributed by atoms with Gasteiger partial charge in [-0.3, -0.25) is 4.79 Å². The molecule has 0 bridgehead atoms. The first kappa shape index (κ1) is 17.7. The zero-order valence-electron chi connectivity index (χ0n) is 15.2. The third-order valence-corrected chi connectivity index (χ3v) is 11.1. The highest BCUT2D eigenvalue weighted by atomic mass is 32.4. The molecular formula is C19H25N4OPS. The van der Waals surface area contributed by atoms with E-state index in [0.717, 1.165) is 29.4 Å². The first-order chi connectivity index (χ1) is 12.4. The third-order valence-electron chi connectivity index (χ3n) is 5.49. The molecule has 1 fully saturated rings. The average Bonchev–Trinajstić information content (AvgIpc) is 3.26. The van der Waals surface area contributed by atoms with E-state index < -0.39 is 6.04 Å². The topological polar surface area (TPSA) is 69.8 Å². The van der Waals surface area contributed by atoms with Gasteiger partial charge in [-0.05, 0) is 54.8 Å². The monoisotopic (exact) mass is 388 g/mol. The van der Waals surface area contributed by atoms with Crippen LogP contribution in [0.1, 0.15) is 35.8 Å². The van der Waals surface area contributed by atoms with E-state index in [1.54, 1.807) is 0 Å². The molecule has 2 aromatic rings. The van der Waals surface area contributed by atoms with Crippen LogP contribution in [0.15, 0.2) is 24.4 Å². The Hall–Kier alpha value is -1.65. The minimum Gasteiger partial charge on any atom is -0.355 e. The van der Waals surface area contributed by atoms with E-state index in [9.17, 15) is 4.79 Å². The maximum atomic E-state index is 11.7. The summed E-state index contributed by atoms with van der Waals surface area (Å²) in [7, 11) is 0. The molecule has 5 nitrogen and oxygen atoms in total. The lowest BCUT2D eigenvalue weighted by atomic mass is 10.1. The van der Waals surface area contributed by atoms with Gasteiger partial charge in [0.2, 0.25) is 5.91 Å². The number of hydrogen-bond acceptors (Lipinski definition) is 4. The largest absolute Gasteiger partial charge is 0.355 e. The second-order valence-electron chi connectivity index (χ2n) is 7.71. The van der Waals surface area contributed by atoms with Crippen molar-refractivity contribution in [3.8, 4) is 0 Å². The number of carbonyl (C=O) groups is 1. The summed E-state index contributed by atoms with van der Waals surface area (Å²) in [5, 5.41) is 6.39. The Kier molecular flexibility index (Phi) is 4.66. The molecule has 3 N–H and O–H groups in total. The fraction of sp³-hybridized carbons (Fsp3) is 0.474. The molecule has 1 aromatic heterocycles. The second kappa shape index (κ2) is 6.82. The molecule has 2 aliphatic heterocycles. The predicted octanol–water partition coefficient (Wildman–Crippen LogP) is 3.89. The van der Waals surface area contributed by atoms with Crippen LogP contribution in [0.25, 0.3) is 0 Å². The molecule has 138 valence electrons. The van der Waals surface area contributed by atoms with E-state index in [-0.39, 0.29) is 5.91 Å². The van der Waals surface area contributed by atoms with Gasteiger partial charge in [0.1, 0.15) is 0 Å². The van der Waals surface area contributed by atoms with Crippen molar-refractivity contribution in [2.45, 2.75) is 32.3 Å². The highest BCUT2D eigenvalue weighted by Crippen LogP contribution is 2.65. The Balaban J connectivity index is 1.63. The molecule has 7 heteroatoms. The van der Waals surface area contributed by atoms with Crippen LogP contribution in [0.2, 0.25) is 0 Å². The van der Waals surface area contributed by atoms with Gasteiger partial charge < -0.3 is 15.6 Å². The van der Waals surface area contributed by atoms with Gasteiger partial charge in [-0.15, -0.1) is 0 Å². The fourth-order valence-corrected chi connectivity index (χ4v) is 9.80. The molecule has 0 saturated carbocycles. The molecule has 3 atom stereocenters. The van der Waals surface area contributed by atoms with Crippen LogP contribution < -0.4 is 10.6 Å². The molecule has 0 spiro atoms. The van der Waals surface area contributed by atoms with Crippen LogP contribution in [-0.4, -0.2) is 34.7 Å². The summed E-state index contributed by atoms with van der Waals surface area (Å²) in [5.41, 5.74) is 4.68. The molecule has 0 aliphatic carbocycles. The first-order valence-corrected chi connectivity index (χ1v) is 12.4. The zero-order chi connectivity index (χ0) is 18.3. The van der Waals surface area contributed by atoms with E-state index in [1.165, 1.54) is 24.3 Å². The van der Waals surface area contributed by atoms with Gasteiger partial charge in [0.15, 0.2) is 5.95 Å². The molecule has 1 saturated heterocycles. The van der Waals surface area contributed by atoms with Crippen LogP contribution in [0.4, 0.5) is 11.6 Å². The maximum absolute atomic E-state index is 11.7. The normalized spacial score (nSPS) is 25.8. The van der Waals surface area contributed by atoms with Gasteiger partial charge in [0.05, 0.1) is 6.42 Å². The van der Waals surface area contributed by atoms with Crippen molar-refractivity contribution in [3.63, 3.8) is 0 Å². The summed E-state index contributed by atoms with van der Waals surface area (Å²) in [6.07, 6.45) is 5.88. The van der Waals surface area contributed by atoms with Gasteiger partial charge >= 0.3 is 0 Å². The predicted molar refractivity (Wildman–Crippen MR) is 111 cm³/mol. The highest BCUT2D eigenvalue weighted by molar-refractivity contribution is 8.14. The molecule has 26 heavy (non-hydrogen) atoms. The molecule has 1 aromatic carbocycles. The van der Waals surface area contributed by atoms with Gasteiger partial charge in [-0.1, -0.05) is 30.9 Å². The molecule has 2 aliphatic rings. The number of aromatic nitrogens is 2. The Morgan fingerprint density at radius 2 is 2.31 bits per heavy atom. The first-order valence-electron chi connectivity index (χ1n) is 9.19. The number of H-pyrrole nitrogens is 1. The molecule has 2 unspecified atom stereocenters. The summed E-state index contributed by atoms with van der Waals surface area (Å²) < 4.78 is 0. The van der Waals surface area contributed by atoms with Crippen molar-refractivity contribution in [2.75, 3.05) is 29.5 Å². The van der Waals surface area contributed by atoms with Crippen molar-refractivity contribution >= 4 is 35.4 Å². The van der Waals surface area contributed by atoms with E-state index >= 15 is 0 Å². The van der Waals surface area contributed by atoms with Crippen LogP contribution in [0.5, 0.6) is 0 Å². The van der Waals surface area contributed by atoms with E-state index in [4.69, 9.17) is 11.8 Å². The van der Waals surface area contributed by atoms with E-state index in [2.05, 4.69) is 39.7 Å². The molecular weight excluding hydrogens is 363 g/mol. The quantitative estimate of drug-likeness (QED) is 0.680. The number of aromatic amines is 1. The summed E-state index contributed by atoms with van der Waals surface area (Å²) in [6, 6.07) is 4.89. The Morgan fingerprint density at radius 1 is 1.46 bits per heavy atom. The summed E-state index contributed by atoms with van der Waals surface area (Å²) >= 11 is 6.28. The maximum Gasteiger partial charge on any atom is 0.228 e. The summed E-state index contributed by atoms with van der Waals surface area (Å²) in [6.45, 7) is 5.11. The number of anilines is 2. The van der Waals surface area contributed by atoms with E-state index in [0.29, 0.717) is 18.0 Å². The van der Waals surface area contributed by atoms with Gasteiger partial charge in [-0.2, -0.15) is 0 Å². The minimum absolute atomic E-state index is 0.0789. The van der Waals surface area contributed by atoms with Crippen molar-refractivity contribution in [2.24, 2.45) is 5.92 Å². The number of hydrogen-bond donors (Lipinski definition) is 3. The highest BCUT2D eigenvalue weighted by Gasteiger charge is 2.36. The summed E-state index contributed by atoms with van der Waals surface area (Å²) in [5.74, 6) is 1.60. The number of amides is 1. The number of benzene rings is 1. The number of aryl methyl sites for hydroxylation is 1. The lowest BCUT2D eigenvalue weighted by Gasteiger charge is -2.29. The Morgan fingerprint density at radius 3 is 3.00 bits per heavy atom. The van der Waals surface area contributed by atoms with Crippen LogP contribution >= 0.6 is 6.04 Å². The Labute approximate surface area is 159 Å². The third kappa shape index (κ3) is 3.45.